The van der Waals surface area contributed by atoms with E-state index in [2.05, 4.69) is 95.3 Å². The second-order valence-corrected chi connectivity index (χ2v) is 9.38. The summed E-state index contributed by atoms with van der Waals surface area (Å²) in [5.74, 6) is 0.375. The van der Waals surface area contributed by atoms with Crippen LogP contribution in [0.25, 0.3) is 17.2 Å². The van der Waals surface area contributed by atoms with Crippen molar-refractivity contribution < 1.29 is 0 Å². The highest BCUT2D eigenvalue weighted by atomic mass is 14.4. The van der Waals surface area contributed by atoms with E-state index in [0.717, 1.165) is 6.42 Å². The van der Waals surface area contributed by atoms with Crippen LogP contribution < -0.4 is 0 Å². The van der Waals surface area contributed by atoms with Gasteiger partial charge < -0.3 is 0 Å². The van der Waals surface area contributed by atoms with Gasteiger partial charge in [0, 0.05) is 11.3 Å². The molecule has 0 atom stereocenters. The van der Waals surface area contributed by atoms with E-state index in [-0.39, 0.29) is 5.41 Å². The molecular weight excluding hydrogens is 336 g/mol. The van der Waals surface area contributed by atoms with Crippen LogP contribution in [0.5, 0.6) is 0 Å². The van der Waals surface area contributed by atoms with E-state index in [1.54, 1.807) is 0 Å². The molecule has 3 aromatic rings. The first-order valence-corrected chi connectivity index (χ1v) is 10.4. The van der Waals surface area contributed by atoms with Crippen molar-refractivity contribution >= 4 is 6.08 Å². The van der Waals surface area contributed by atoms with E-state index in [1.165, 1.54) is 55.6 Å². The van der Waals surface area contributed by atoms with Gasteiger partial charge in [0.2, 0.25) is 0 Å². The molecule has 0 radical (unpaired) electrons. The topological polar surface area (TPSA) is 0 Å². The SMILES string of the molecule is CC1=Cc2c(cccc2C(C)(C)C2c3ccc(C)cc3-c3cc(C)ccc32)C1. The molecule has 0 N–H and O–H groups in total. The Morgan fingerprint density at radius 2 is 1.39 bits per heavy atom. The van der Waals surface area contributed by atoms with Crippen LogP contribution in [0, 0.1) is 13.8 Å². The van der Waals surface area contributed by atoms with E-state index in [1.807, 2.05) is 0 Å². The first kappa shape index (κ1) is 17.5. The van der Waals surface area contributed by atoms with E-state index in [9.17, 15) is 0 Å². The van der Waals surface area contributed by atoms with Crippen LogP contribution in [0.1, 0.15) is 65.6 Å². The third-order valence-electron chi connectivity index (χ3n) is 6.80. The maximum absolute atomic E-state index is 2.44. The molecule has 28 heavy (non-hydrogen) atoms. The molecule has 0 heteroatoms. The van der Waals surface area contributed by atoms with Crippen LogP contribution in [0.2, 0.25) is 0 Å². The zero-order valence-electron chi connectivity index (χ0n) is 17.6. The van der Waals surface area contributed by atoms with Crippen LogP contribution in [-0.4, -0.2) is 0 Å². The number of allylic oxidation sites excluding steroid dienone is 1. The molecule has 140 valence electrons. The smallest absolute Gasteiger partial charge is 0.0193 e. The maximum Gasteiger partial charge on any atom is 0.0193 e. The first-order chi connectivity index (χ1) is 13.4. The molecule has 2 aliphatic carbocycles. The number of hydrogen-bond acceptors (Lipinski definition) is 0. The van der Waals surface area contributed by atoms with E-state index in [0.29, 0.717) is 5.92 Å². The summed E-state index contributed by atoms with van der Waals surface area (Å²) in [6.07, 6.45) is 3.50. The average Bonchev–Trinajstić information content (AvgIpc) is 3.18. The Bertz CT molecular complexity index is 1090. The van der Waals surface area contributed by atoms with Gasteiger partial charge in [-0.3, -0.25) is 0 Å². The minimum Gasteiger partial charge on any atom is -0.0683 e. The summed E-state index contributed by atoms with van der Waals surface area (Å²) in [6.45, 7) is 11.5. The third kappa shape index (κ3) is 2.44. The van der Waals surface area contributed by atoms with Crippen molar-refractivity contribution in [2.24, 2.45) is 0 Å². The predicted molar refractivity (Wildman–Crippen MR) is 120 cm³/mol. The fourth-order valence-electron chi connectivity index (χ4n) is 5.51. The van der Waals surface area contributed by atoms with E-state index < -0.39 is 0 Å². The van der Waals surface area contributed by atoms with Gasteiger partial charge in [0.1, 0.15) is 0 Å². The van der Waals surface area contributed by atoms with Gasteiger partial charge in [0.15, 0.2) is 0 Å². The van der Waals surface area contributed by atoms with Gasteiger partial charge in [-0.25, -0.2) is 0 Å². The van der Waals surface area contributed by atoms with Gasteiger partial charge in [-0.1, -0.05) is 91.2 Å². The summed E-state index contributed by atoms with van der Waals surface area (Å²) in [5.41, 5.74) is 14.4. The summed E-state index contributed by atoms with van der Waals surface area (Å²) < 4.78 is 0. The summed E-state index contributed by atoms with van der Waals surface area (Å²) in [4.78, 5) is 0. The Hall–Kier alpha value is -2.60. The van der Waals surface area contributed by atoms with Crippen molar-refractivity contribution in [1.82, 2.24) is 0 Å². The van der Waals surface area contributed by atoms with Gasteiger partial charge in [0.25, 0.3) is 0 Å². The zero-order valence-corrected chi connectivity index (χ0v) is 17.6. The highest BCUT2D eigenvalue weighted by molar-refractivity contribution is 5.81. The summed E-state index contributed by atoms with van der Waals surface area (Å²) in [7, 11) is 0. The number of fused-ring (bicyclic) bond motifs is 4. The molecule has 0 saturated heterocycles. The number of benzene rings is 3. The molecule has 0 fully saturated rings. The van der Waals surface area contributed by atoms with Crippen molar-refractivity contribution in [2.75, 3.05) is 0 Å². The fraction of sp³-hybridized carbons (Fsp3) is 0.286. The Kier molecular flexibility index (Phi) is 3.72. The molecular formula is C28H28. The molecule has 0 spiro atoms. The lowest BCUT2D eigenvalue weighted by Gasteiger charge is -2.35. The maximum atomic E-state index is 2.44. The number of hydrogen-bond donors (Lipinski definition) is 0. The summed E-state index contributed by atoms with van der Waals surface area (Å²) >= 11 is 0. The standard InChI is InChI=1S/C28H28/c1-17-9-11-21-24(14-17)25-15-18(2)10-12-22(25)27(21)28(4,5)26-8-6-7-20-13-19(3)16-23(20)26/h6-12,14-16,27H,13H2,1-5H3. The Labute approximate surface area is 168 Å². The monoisotopic (exact) mass is 364 g/mol. The molecule has 0 heterocycles. The van der Waals surface area contributed by atoms with Gasteiger partial charge in [-0.2, -0.15) is 0 Å². The minimum atomic E-state index is 0.0109. The van der Waals surface area contributed by atoms with Gasteiger partial charge in [-0.05, 0) is 66.1 Å². The normalized spacial score (nSPS) is 15.2. The van der Waals surface area contributed by atoms with Crippen LogP contribution in [0.3, 0.4) is 0 Å². The van der Waals surface area contributed by atoms with Crippen LogP contribution in [0.4, 0.5) is 0 Å². The van der Waals surface area contributed by atoms with Gasteiger partial charge in [0.05, 0.1) is 0 Å². The lowest BCUT2D eigenvalue weighted by Crippen LogP contribution is -2.27. The molecule has 0 nitrogen and oxygen atoms in total. The molecule has 0 aromatic heterocycles. The number of aryl methyl sites for hydroxylation is 2. The first-order valence-electron chi connectivity index (χ1n) is 10.4. The molecule has 2 aliphatic rings. The lowest BCUT2D eigenvalue weighted by atomic mass is 9.67. The molecule has 5 rings (SSSR count). The van der Waals surface area contributed by atoms with Crippen molar-refractivity contribution in [2.45, 2.75) is 52.4 Å². The second-order valence-electron chi connectivity index (χ2n) is 9.38. The van der Waals surface area contributed by atoms with Gasteiger partial charge >= 0.3 is 0 Å². The predicted octanol–water partition coefficient (Wildman–Crippen LogP) is 7.35. The van der Waals surface area contributed by atoms with Crippen molar-refractivity contribution in [3.63, 3.8) is 0 Å². The second kappa shape index (κ2) is 5.95. The molecule has 0 aliphatic heterocycles. The van der Waals surface area contributed by atoms with Crippen LogP contribution in [-0.2, 0) is 11.8 Å². The lowest BCUT2D eigenvalue weighted by molar-refractivity contribution is 0.464. The van der Waals surface area contributed by atoms with Crippen LogP contribution >= 0.6 is 0 Å². The van der Waals surface area contributed by atoms with Crippen molar-refractivity contribution in [3.05, 3.63) is 99.1 Å². The Balaban J connectivity index is 1.76. The molecule has 3 aromatic carbocycles. The number of rotatable bonds is 2. The average molecular weight is 365 g/mol. The molecule has 0 saturated carbocycles. The third-order valence-corrected chi connectivity index (χ3v) is 6.80. The highest BCUT2D eigenvalue weighted by Gasteiger charge is 2.41. The molecule has 0 bridgehead atoms. The summed E-state index contributed by atoms with van der Waals surface area (Å²) in [6, 6.07) is 21.0. The summed E-state index contributed by atoms with van der Waals surface area (Å²) in [5, 5.41) is 0. The van der Waals surface area contributed by atoms with Crippen molar-refractivity contribution in [3.8, 4) is 11.1 Å². The Morgan fingerprint density at radius 3 is 2.00 bits per heavy atom. The Morgan fingerprint density at radius 1 is 0.786 bits per heavy atom. The van der Waals surface area contributed by atoms with E-state index >= 15 is 0 Å². The van der Waals surface area contributed by atoms with E-state index in [4.69, 9.17) is 0 Å². The van der Waals surface area contributed by atoms with Crippen molar-refractivity contribution in [1.29, 1.82) is 0 Å². The molecule has 0 amide bonds. The van der Waals surface area contributed by atoms with Crippen LogP contribution in [0.15, 0.2) is 60.2 Å². The molecule has 0 unspecified atom stereocenters. The largest absolute Gasteiger partial charge is 0.0683 e. The highest BCUT2D eigenvalue weighted by Crippen LogP contribution is 2.54. The zero-order chi connectivity index (χ0) is 19.6. The van der Waals surface area contributed by atoms with Gasteiger partial charge in [-0.15, -0.1) is 0 Å². The minimum absolute atomic E-state index is 0.0109. The quantitative estimate of drug-likeness (QED) is 0.446. The fourth-order valence-corrected chi connectivity index (χ4v) is 5.51.